The van der Waals surface area contributed by atoms with Crippen molar-refractivity contribution in [2.75, 3.05) is 26.2 Å². The summed E-state index contributed by atoms with van der Waals surface area (Å²) >= 11 is 1.48. The van der Waals surface area contributed by atoms with Crippen molar-refractivity contribution < 1.29 is 14.1 Å². The number of carbonyl (C=O) groups is 2. The highest BCUT2D eigenvalue weighted by Crippen LogP contribution is 2.29. The molecule has 3 heterocycles. The average molecular weight is 401 g/mol. The van der Waals surface area contributed by atoms with E-state index in [4.69, 9.17) is 4.52 Å². The van der Waals surface area contributed by atoms with E-state index in [2.05, 4.69) is 10.1 Å². The van der Waals surface area contributed by atoms with Crippen LogP contribution in [0.4, 0.5) is 0 Å². The third-order valence-corrected chi connectivity index (χ3v) is 6.41. The zero-order valence-corrected chi connectivity index (χ0v) is 16.8. The van der Waals surface area contributed by atoms with Gasteiger partial charge in [-0.3, -0.25) is 9.59 Å². The van der Waals surface area contributed by atoms with Crippen LogP contribution in [0.1, 0.15) is 41.1 Å². The first kappa shape index (κ1) is 19.0. The maximum absolute atomic E-state index is 13.0. The fourth-order valence-corrected chi connectivity index (χ4v) is 4.38. The van der Waals surface area contributed by atoms with Crippen LogP contribution in [-0.4, -0.2) is 57.9 Å². The van der Waals surface area contributed by atoms with Crippen molar-refractivity contribution >= 4 is 23.6 Å². The quantitative estimate of drug-likeness (QED) is 0.718. The summed E-state index contributed by atoms with van der Waals surface area (Å²) in [6.07, 6.45) is 4.88. The molecule has 0 atom stereocenters. The highest BCUT2D eigenvalue weighted by atomic mass is 32.2. The van der Waals surface area contributed by atoms with Crippen LogP contribution in [0.3, 0.4) is 0 Å². The predicted molar refractivity (Wildman–Crippen MR) is 105 cm³/mol. The summed E-state index contributed by atoms with van der Waals surface area (Å²) in [5.74, 6) is 1.81. The van der Waals surface area contributed by atoms with Crippen LogP contribution in [-0.2, 0) is 10.5 Å². The minimum absolute atomic E-state index is 0.0253. The first-order chi connectivity index (χ1) is 13.6. The summed E-state index contributed by atoms with van der Waals surface area (Å²) < 4.78 is 5.09. The Morgan fingerprint density at radius 3 is 2.61 bits per heavy atom. The lowest BCUT2D eigenvalue weighted by atomic mass is 9.84. The number of aryl methyl sites for hydroxylation is 1. The van der Waals surface area contributed by atoms with Crippen LogP contribution in [0, 0.1) is 12.8 Å². The number of nitrogens with zero attached hydrogens (tertiary/aromatic N) is 4. The van der Waals surface area contributed by atoms with E-state index in [0.29, 0.717) is 42.5 Å². The van der Waals surface area contributed by atoms with Gasteiger partial charge in [0.25, 0.3) is 5.91 Å². The van der Waals surface area contributed by atoms with E-state index >= 15 is 0 Å². The second-order valence-corrected chi connectivity index (χ2v) is 8.28. The van der Waals surface area contributed by atoms with Gasteiger partial charge in [0.1, 0.15) is 10.8 Å². The Balaban J connectivity index is 1.37. The molecule has 2 amide bonds. The lowest BCUT2D eigenvalue weighted by Gasteiger charge is -2.38. The highest BCUT2D eigenvalue weighted by molar-refractivity contribution is 7.98. The summed E-state index contributed by atoms with van der Waals surface area (Å²) in [5, 5.41) is 4.69. The highest BCUT2D eigenvalue weighted by Gasteiger charge is 2.32. The number of thioether (sulfide) groups is 1. The van der Waals surface area contributed by atoms with Crippen molar-refractivity contribution in [3.05, 3.63) is 41.4 Å². The number of aromatic nitrogens is 2. The van der Waals surface area contributed by atoms with E-state index in [-0.39, 0.29) is 17.7 Å². The summed E-state index contributed by atoms with van der Waals surface area (Å²) in [5.41, 5.74) is 1.43. The SMILES string of the molecule is Cc1cc(CSc2ncccc2C(=O)N2CCN(C(=O)C3CCC3)CC2)no1. The first-order valence-corrected chi connectivity index (χ1v) is 10.7. The van der Waals surface area contributed by atoms with Crippen LogP contribution < -0.4 is 0 Å². The van der Waals surface area contributed by atoms with E-state index in [9.17, 15) is 9.59 Å². The van der Waals surface area contributed by atoms with Gasteiger partial charge in [-0.2, -0.15) is 0 Å². The van der Waals surface area contributed by atoms with E-state index in [1.807, 2.05) is 28.9 Å². The lowest BCUT2D eigenvalue weighted by molar-refractivity contribution is -0.139. The molecule has 4 rings (SSSR count). The molecular formula is C20H24N4O3S. The summed E-state index contributed by atoms with van der Waals surface area (Å²) in [6, 6.07) is 5.49. The number of pyridine rings is 1. The normalized spacial score (nSPS) is 17.5. The minimum atomic E-state index is -0.0253. The van der Waals surface area contributed by atoms with Crippen LogP contribution in [0.15, 0.2) is 33.9 Å². The van der Waals surface area contributed by atoms with Crippen LogP contribution in [0.5, 0.6) is 0 Å². The molecule has 2 aromatic heterocycles. The second kappa shape index (κ2) is 8.34. The van der Waals surface area contributed by atoms with Crippen molar-refractivity contribution in [2.24, 2.45) is 5.92 Å². The van der Waals surface area contributed by atoms with Crippen molar-refractivity contribution in [2.45, 2.75) is 37.0 Å². The minimum Gasteiger partial charge on any atom is -0.361 e. The molecule has 2 aliphatic rings. The Morgan fingerprint density at radius 2 is 1.96 bits per heavy atom. The molecule has 0 bridgehead atoms. The molecule has 7 nitrogen and oxygen atoms in total. The molecule has 8 heteroatoms. The zero-order valence-electron chi connectivity index (χ0n) is 16.0. The Bertz CT molecular complexity index is 857. The van der Waals surface area contributed by atoms with E-state index in [0.717, 1.165) is 30.7 Å². The summed E-state index contributed by atoms with van der Waals surface area (Å²) in [7, 11) is 0. The van der Waals surface area contributed by atoms with Gasteiger partial charge in [-0.15, -0.1) is 0 Å². The molecule has 0 aromatic carbocycles. The van der Waals surface area contributed by atoms with Gasteiger partial charge in [0, 0.05) is 50.1 Å². The lowest BCUT2D eigenvalue weighted by Crippen LogP contribution is -2.52. The van der Waals surface area contributed by atoms with Gasteiger partial charge in [0.05, 0.1) is 11.3 Å². The zero-order chi connectivity index (χ0) is 19.5. The molecule has 0 radical (unpaired) electrons. The van der Waals surface area contributed by atoms with E-state index in [1.54, 1.807) is 12.3 Å². The molecular weight excluding hydrogens is 376 g/mol. The molecule has 148 valence electrons. The number of rotatable bonds is 5. The molecule has 28 heavy (non-hydrogen) atoms. The molecule has 0 unspecified atom stereocenters. The number of hydrogen-bond donors (Lipinski definition) is 0. The van der Waals surface area contributed by atoms with E-state index in [1.165, 1.54) is 11.8 Å². The molecule has 2 fully saturated rings. The third kappa shape index (κ3) is 4.06. The van der Waals surface area contributed by atoms with Crippen molar-refractivity contribution in [3.63, 3.8) is 0 Å². The van der Waals surface area contributed by atoms with Gasteiger partial charge in [0.15, 0.2) is 0 Å². The largest absolute Gasteiger partial charge is 0.361 e. The Labute approximate surface area is 168 Å². The summed E-state index contributed by atoms with van der Waals surface area (Å²) in [6.45, 7) is 4.22. The second-order valence-electron chi connectivity index (χ2n) is 7.32. The van der Waals surface area contributed by atoms with Crippen LogP contribution in [0.2, 0.25) is 0 Å². The monoisotopic (exact) mass is 400 g/mol. The standard InChI is InChI=1S/C20H24N4O3S/c1-14-12-16(22-27-14)13-28-18-17(6-3-7-21-18)20(26)24-10-8-23(9-11-24)19(25)15-4-2-5-15/h3,6-7,12,15H,2,4-5,8-11,13H2,1H3. The number of piperazine rings is 1. The smallest absolute Gasteiger partial charge is 0.256 e. The molecule has 2 aromatic rings. The van der Waals surface area contributed by atoms with Gasteiger partial charge in [-0.05, 0) is 31.9 Å². The van der Waals surface area contributed by atoms with Gasteiger partial charge in [-0.1, -0.05) is 23.3 Å². The van der Waals surface area contributed by atoms with Gasteiger partial charge in [0.2, 0.25) is 5.91 Å². The maximum Gasteiger partial charge on any atom is 0.256 e. The molecule has 0 N–H and O–H groups in total. The van der Waals surface area contributed by atoms with Crippen LogP contribution in [0.25, 0.3) is 0 Å². The Hall–Kier alpha value is -2.35. The molecule has 1 aliphatic carbocycles. The maximum atomic E-state index is 13.0. The first-order valence-electron chi connectivity index (χ1n) is 9.70. The third-order valence-electron chi connectivity index (χ3n) is 5.37. The number of carbonyl (C=O) groups excluding carboxylic acids is 2. The average Bonchev–Trinajstić information content (AvgIpc) is 3.10. The molecule has 1 saturated heterocycles. The fraction of sp³-hybridized carbons (Fsp3) is 0.500. The summed E-state index contributed by atoms with van der Waals surface area (Å²) in [4.78, 5) is 33.6. The fourth-order valence-electron chi connectivity index (χ4n) is 3.51. The van der Waals surface area contributed by atoms with Crippen molar-refractivity contribution in [1.29, 1.82) is 0 Å². The number of amides is 2. The topological polar surface area (TPSA) is 79.5 Å². The van der Waals surface area contributed by atoms with Gasteiger partial charge in [-0.25, -0.2) is 4.98 Å². The molecule has 0 spiro atoms. The van der Waals surface area contributed by atoms with Crippen molar-refractivity contribution in [1.82, 2.24) is 19.9 Å². The van der Waals surface area contributed by atoms with Gasteiger partial charge < -0.3 is 14.3 Å². The van der Waals surface area contributed by atoms with Crippen molar-refractivity contribution in [3.8, 4) is 0 Å². The molecule has 1 aliphatic heterocycles. The predicted octanol–water partition coefficient (Wildman–Crippen LogP) is 2.75. The van der Waals surface area contributed by atoms with E-state index < -0.39 is 0 Å². The molecule has 1 saturated carbocycles. The Morgan fingerprint density at radius 1 is 1.21 bits per heavy atom. The van der Waals surface area contributed by atoms with Gasteiger partial charge >= 0.3 is 0 Å². The number of hydrogen-bond acceptors (Lipinski definition) is 6. The van der Waals surface area contributed by atoms with Crippen LogP contribution >= 0.6 is 11.8 Å². The Kier molecular flexibility index (Phi) is 5.66.